The Balaban J connectivity index is 1.82. The molecule has 2 heterocycles. The first-order valence-electron chi connectivity index (χ1n) is 7.99. The number of amides is 3. The molecule has 1 saturated heterocycles. The van der Waals surface area contributed by atoms with Crippen molar-refractivity contribution < 1.29 is 14.4 Å². The molecule has 1 aromatic heterocycles. The summed E-state index contributed by atoms with van der Waals surface area (Å²) in [5, 5.41) is 0. The number of urea groups is 1. The molecule has 3 amide bonds. The van der Waals surface area contributed by atoms with Gasteiger partial charge >= 0.3 is 6.03 Å². The van der Waals surface area contributed by atoms with Crippen molar-refractivity contribution in [1.29, 1.82) is 0 Å². The van der Waals surface area contributed by atoms with E-state index < -0.39 is 5.54 Å². The molecule has 2 aliphatic rings. The fourth-order valence-electron chi connectivity index (χ4n) is 3.72. The van der Waals surface area contributed by atoms with Gasteiger partial charge in [-0.3, -0.25) is 19.5 Å². The molecule has 0 aromatic carbocycles. The van der Waals surface area contributed by atoms with Crippen LogP contribution in [0, 0.1) is 5.92 Å². The average Bonchev–Trinajstić information content (AvgIpc) is 3.16. The van der Waals surface area contributed by atoms with E-state index in [9.17, 15) is 14.4 Å². The van der Waals surface area contributed by atoms with E-state index in [1.54, 1.807) is 25.4 Å². The van der Waals surface area contributed by atoms with Crippen molar-refractivity contribution in [2.75, 3.05) is 13.6 Å². The van der Waals surface area contributed by atoms with Gasteiger partial charge in [0.25, 0.3) is 5.91 Å². The molecular weight excluding hydrogens is 294 g/mol. The van der Waals surface area contributed by atoms with Crippen LogP contribution in [0.25, 0.3) is 0 Å². The van der Waals surface area contributed by atoms with Crippen LogP contribution >= 0.6 is 0 Å². The second kappa shape index (κ2) is 5.76. The largest absolute Gasteiger partial charge is 0.327 e. The summed E-state index contributed by atoms with van der Waals surface area (Å²) in [6.07, 6.45) is 7.10. The molecule has 1 saturated carbocycles. The van der Waals surface area contributed by atoms with Crippen LogP contribution in [0.2, 0.25) is 0 Å². The summed E-state index contributed by atoms with van der Waals surface area (Å²) < 4.78 is 0. The van der Waals surface area contributed by atoms with E-state index >= 15 is 0 Å². The van der Waals surface area contributed by atoms with Gasteiger partial charge in [-0.05, 0) is 37.8 Å². The van der Waals surface area contributed by atoms with E-state index in [1.807, 2.05) is 6.92 Å². The van der Waals surface area contributed by atoms with Crippen LogP contribution in [0.1, 0.15) is 43.0 Å². The SMILES string of the molecule is CN1C(=O)N(CC(=O)c2cccnc2)C(=O)C1(C)C1CCCC1. The maximum Gasteiger partial charge on any atom is 0.327 e. The van der Waals surface area contributed by atoms with E-state index in [4.69, 9.17) is 0 Å². The lowest BCUT2D eigenvalue weighted by Crippen LogP contribution is -2.50. The Morgan fingerprint density at radius 2 is 2.04 bits per heavy atom. The number of carbonyl (C=O) groups is 3. The summed E-state index contributed by atoms with van der Waals surface area (Å²) in [7, 11) is 1.66. The normalized spacial score (nSPS) is 25.5. The maximum atomic E-state index is 12.9. The molecule has 0 N–H and O–H groups in total. The number of imide groups is 1. The number of hydrogen-bond donors (Lipinski definition) is 0. The molecule has 0 bridgehead atoms. The van der Waals surface area contributed by atoms with Crippen molar-refractivity contribution in [3.8, 4) is 0 Å². The van der Waals surface area contributed by atoms with Crippen LogP contribution in [0.15, 0.2) is 24.5 Å². The molecule has 2 fully saturated rings. The fourth-order valence-corrected chi connectivity index (χ4v) is 3.72. The van der Waals surface area contributed by atoms with Crippen LogP contribution in [0.5, 0.6) is 0 Å². The Morgan fingerprint density at radius 3 is 2.65 bits per heavy atom. The molecule has 1 atom stereocenters. The zero-order valence-corrected chi connectivity index (χ0v) is 13.5. The quantitative estimate of drug-likeness (QED) is 0.630. The second-order valence-electron chi connectivity index (χ2n) is 6.53. The highest BCUT2D eigenvalue weighted by Gasteiger charge is 2.57. The first-order chi connectivity index (χ1) is 11.0. The molecular formula is C17H21N3O3. The first-order valence-corrected chi connectivity index (χ1v) is 7.99. The van der Waals surface area contributed by atoms with Crippen LogP contribution in [-0.2, 0) is 4.79 Å². The molecule has 1 aromatic rings. The summed E-state index contributed by atoms with van der Waals surface area (Å²) in [6, 6.07) is 2.91. The van der Waals surface area contributed by atoms with Gasteiger partial charge in [0.1, 0.15) is 5.54 Å². The Morgan fingerprint density at radius 1 is 1.35 bits per heavy atom. The number of nitrogens with zero attached hydrogens (tertiary/aromatic N) is 3. The highest BCUT2D eigenvalue weighted by Crippen LogP contribution is 2.41. The highest BCUT2D eigenvalue weighted by atomic mass is 16.2. The molecule has 1 aliphatic carbocycles. The van der Waals surface area contributed by atoms with Gasteiger partial charge in [0, 0.05) is 25.0 Å². The van der Waals surface area contributed by atoms with E-state index in [0.29, 0.717) is 5.56 Å². The number of ketones is 1. The Labute approximate surface area is 135 Å². The summed E-state index contributed by atoms with van der Waals surface area (Å²) in [6.45, 7) is 1.60. The molecule has 122 valence electrons. The third-order valence-corrected chi connectivity index (χ3v) is 5.33. The van der Waals surface area contributed by atoms with Gasteiger partial charge in [0.15, 0.2) is 5.78 Å². The standard InChI is InChI=1S/C17H21N3O3/c1-17(13-7-3-4-8-13)15(22)20(16(23)19(17)2)11-14(21)12-6-5-9-18-10-12/h5-6,9-10,13H,3-4,7-8,11H2,1-2H3. The average molecular weight is 315 g/mol. The van der Waals surface area contributed by atoms with Crippen molar-refractivity contribution in [2.24, 2.45) is 5.92 Å². The Kier molecular flexibility index (Phi) is 3.92. The zero-order valence-electron chi connectivity index (χ0n) is 13.5. The van der Waals surface area contributed by atoms with E-state index in [-0.39, 0.29) is 30.2 Å². The van der Waals surface area contributed by atoms with Gasteiger partial charge in [-0.15, -0.1) is 0 Å². The topological polar surface area (TPSA) is 70.6 Å². The minimum Gasteiger partial charge on any atom is -0.313 e. The molecule has 1 aliphatic heterocycles. The Hall–Kier alpha value is -2.24. The van der Waals surface area contributed by atoms with Crippen molar-refractivity contribution in [1.82, 2.24) is 14.8 Å². The number of Topliss-reactive ketones (excluding diaryl/α,β-unsaturated/α-hetero) is 1. The number of likely N-dealkylation sites (N-methyl/N-ethyl adjacent to an activating group) is 1. The molecule has 3 rings (SSSR count). The van der Waals surface area contributed by atoms with E-state index in [1.165, 1.54) is 11.1 Å². The molecule has 6 heteroatoms. The smallest absolute Gasteiger partial charge is 0.313 e. The van der Waals surface area contributed by atoms with Gasteiger partial charge in [-0.2, -0.15) is 0 Å². The van der Waals surface area contributed by atoms with Crippen LogP contribution in [-0.4, -0.2) is 51.6 Å². The monoisotopic (exact) mass is 315 g/mol. The molecule has 0 spiro atoms. The van der Waals surface area contributed by atoms with Crippen molar-refractivity contribution >= 4 is 17.7 Å². The number of pyridine rings is 1. The van der Waals surface area contributed by atoms with Gasteiger partial charge in [0.05, 0.1) is 6.54 Å². The van der Waals surface area contributed by atoms with E-state index in [0.717, 1.165) is 30.6 Å². The maximum absolute atomic E-state index is 12.9. The Bertz CT molecular complexity index is 640. The van der Waals surface area contributed by atoms with Gasteiger partial charge in [-0.1, -0.05) is 12.8 Å². The lowest BCUT2D eigenvalue weighted by Gasteiger charge is -2.34. The van der Waals surface area contributed by atoms with Gasteiger partial charge in [-0.25, -0.2) is 4.79 Å². The summed E-state index contributed by atoms with van der Waals surface area (Å²) in [4.78, 5) is 44.3. The van der Waals surface area contributed by atoms with Crippen LogP contribution in [0.3, 0.4) is 0 Å². The highest BCUT2D eigenvalue weighted by molar-refractivity contribution is 6.11. The summed E-state index contributed by atoms with van der Waals surface area (Å²) in [5.41, 5.74) is -0.423. The predicted molar refractivity (Wildman–Crippen MR) is 83.8 cm³/mol. The van der Waals surface area contributed by atoms with Crippen molar-refractivity contribution in [2.45, 2.75) is 38.1 Å². The van der Waals surface area contributed by atoms with Crippen LogP contribution in [0.4, 0.5) is 4.79 Å². The van der Waals surface area contributed by atoms with Gasteiger partial charge < -0.3 is 4.90 Å². The van der Waals surface area contributed by atoms with Crippen molar-refractivity contribution in [3.63, 3.8) is 0 Å². The minimum absolute atomic E-state index is 0.169. The number of rotatable bonds is 4. The summed E-state index contributed by atoms with van der Waals surface area (Å²) >= 11 is 0. The number of hydrogen-bond acceptors (Lipinski definition) is 4. The number of carbonyl (C=O) groups excluding carboxylic acids is 3. The van der Waals surface area contributed by atoms with E-state index in [2.05, 4.69) is 4.98 Å². The lowest BCUT2D eigenvalue weighted by atomic mass is 9.83. The molecule has 23 heavy (non-hydrogen) atoms. The fraction of sp³-hybridized carbons (Fsp3) is 0.529. The predicted octanol–water partition coefficient (Wildman–Crippen LogP) is 2.11. The zero-order chi connectivity index (χ0) is 16.6. The molecule has 6 nitrogen and oxygen atoms in total. The van der Waals surface area contributed by atoms with Gasteiger partial charge in [0.2, 0.25) is 0 Å². The third-order valence-electron chi connectivity index (χ3n) is 5.33. The number of aromatic nitrogens is 1. The third kappa shape index (κ3) is 2.42. The minimum atomic E-state index is -0.831. The molecule has 1 unspecified atom stereocenters. The van der Waals surface area contributed by atoms with Crippen molar-refractivity contribution in [3.05, 3.63) is 30.1 Å². The molecule has 0 radical (unpaired) electrons. The second-order valence-corrected chi connectivity index (χ2v) is 6.53. The first kappa shape index (κ1) is 15.6. The lowest BCUT2D eigenvalue weighted by molar-refractivity contribution is -0.134. The summed E-state index contributed by atoms with van der Waals surface area (Å²) in [5.74, 6) is -0.361. The van der Waals surface area contributed by atoms with Crippen LogP contribution < -0.4 is 0 Å².